The van der Waals surface area contributed by atoms with Crippen LogP contribution < -0.4 is 0 Å². The normalized spacial score (nSPS) is 23.8. The van der Waals surface area contributed by atoms with Gasteiger partial charge >= 0.3 is 0 Å². The van der Waals surface area contributed by atoms with E-state index in [2.05, 4.69) is 20.8 Å². The Kier molecular flexibility index (Phi) is 4.19. The molecule has 1 aromatic carbocycles. The van der Waals surface area contributed by atoms with E-state index < -0.39 is 6.10 Å². The van der Waals surface area contributed by atoms with E-state index in [0.717, 1.165) is 24.1 Å². The van der Waals surface area contributed by atoms with Crippen LogP contribution in [-0.2, 0) is 5.41 Å². The van der Waals surface area contributed by atoms with E-state index in [0.29, 0.717) is 6.54 Å². The summed E-state index contributed by atoms with van der Waals surface area (Å²) in [6.07, 6.45) is 0.458. The monoisotopic (exact) mass is 275 g/mol. The molecule has 2 atom stereocenters. The van der Waals surface area contributed by atoms with Crippen LogP contribution in [0.5, 0.6) is 0 Å². The molecule has 0 aliphatic carbocycles. The van der Waals surface area contributed by atoms with Gasteiger partial charge in [-0.25, -0.2) is 0 Å². The van der Waals surface area contributed by atoms with Gasteiger partial charge in [0.25, 0.3) is 5.91 Å². The van der Waals surface area contributed by atoms with Gasteiger partial charge in [-0.3, -0.25) is 4.79 Å². The van der Waals surface area contributed by atoms with E-state index in [9.17, 15) is 9.90 Å². The minimum atomic E-state index is -0.408. The Labute approximate surface area is 121 Å². The Hall–Kier alpha value is -1.35. The SMILES string of the molecule is CC1CCN(C(=O)c2ccccc2C(C)(C)C)CC1O. The third kappa shape index (κ3) is 3.04. The molecule has 110 valence electrons. The second-order valence-corrected chi connectivity index (χ2v) is 6.88. The largest absolute Gasteiger partial charge is 0.391 e. The number of rotatable bonds is 1. The lowest BCUT2D eigenvalue weighted by molar-refractivity contribution is 0.0247. The van der Waals surface area contributed by atoms with Crippen LogP contribution in [0.15, 0.2) is 24.3 Å². The smallest absolute Gasteiger partial charge is 0.254 e. The van der Waals surface area contributed by atoms with Crippen LogP contribution in [0.4, 0.5) is 0 Å². The molecule has 2 rings (SSSR count). The number of hydrogen-bond donors (Lipinski definition) is 1. The molecule has 3 heteroatoms. The van der Waals surface area contributed by atoms with Crippen molar-refractivity contribution in [1.82, 2.24) is 4.90 Å². The summed E-state index contributed by atoms with van der Waals surface area (Å²) >= 11 is 0. The van der Waals surface area contributed by atoms with Gasteiger partial charge < -0.3 is 10.0 Å². The summed E-state index contributed by atoms with van der Waals surface area (Å²) in [6, 6.07) is 7.81. The van der Waals surface area contributed by atoms with Gasteiger partial charge in [0.2, 0.25) is 0 Å². The molecule has 0 saturated carbocycles. The lowest BCUT2D eigenvalue weighted by atomic mass is 9.83. The van der Waals surface area contributed by atoms with Gasteiger partial charge in [-0.15, -0.1) is 0 Å². The maximum atomic E-state index is 12.7. The van der Waals surface area contributed by atoms with Crippen molar-refractivity contribution in [3.05, 3.63) is 35.4 Å². The van der Waals surface area contributed by atoms with Gasteiger partial charge in [-0.1, -0.05) is 45.9 Å². The van der Waals surface area contributed by atoms with Crippen molar-refractivity contribution in [2.75, 3.05) is 13.1 Å². The maximum Gasteiger partial charge on any atom is 0.254 e. The summed E-state index contributed by atoms with van der Waals surface area (Å²) in [5, 5.41) is 9.98. The molecule has 3 nitrogen and oxygen atoms in total. The molecule has 20 heavy (non-hydrogen) atoms. The van der Waals surface area contributed by atoms with Crippen LogP contribution in [0.2, 0.25) is 0 Å². The second kappa shape index (κ2) is 5.57. The predicted molar refractivity (Wildman–Crippen MR) is 80.8 cm³/mol. The third-order valence-corrected chi connectivity index (χ3v) is 4.17. The molecule has 0 aromatic heterocycles. The number of aliphatic hydroxyl groups excluding tert-OH is 1. The van der Waals surface area contributed by atoms with E-state index in [1.807, 2.05) is 31.2 Å². The van der Waals surface area contributed by atoms with Crippen molar-refractivity contribution in [3.63, 3.8) is 0 Å². The van der Waals surface area contributed by atoms with Gasteiger partial charge in [0.1, 0.15) is 0 Å². The van der Waals surface area contributed by atoms with Crippen molar-refractivity contribution in [1.29, 1.82) is 0 Å². The van der Waals surface area contributed by atoms with E-state index in [1.54, 1.807) is 4.90 Å². The highest BCUT2D eigenvalue weighted by atomic mass is 16.3. The molecule has 1 N–H and O–H groups in total. The lowest BCUT2D eigenvalue weighted by Gasteiger charge is -2.35. The first-order valence-corrected chi connectivity index (χ1v) is 7.37. The molecule has 1 saturated heterocycles. The summed E-state index contributed by atoms with van der Waals surface area (Å²) in [4.78, 5) is 14.5. The first-order chi connectivity index (χ1) is 9.30. The molecule has 0 radical (unpaired) electrons. The fourth-order valence-electron chi connectivity index (χ4n) is 2.73. The van der Waals surface area contributed by atoms with Gasteiger partial charge in [0.15, 0.2) is 0 Å². The number of amides is 1. The summed E-state index contributed by atoms with van der Waals surface area (Å²) in [5.41, 5.74) is 1.77. The molecular formula is C17H25NO2. The van der Waals surface area contributed by atoms with E-state index >= 15 is 0 Å². The number of benzene rings is 1. The second-order valence-electron chi connectivity index (χ2n) is 6.88. The average molecular weight is 275 g/mol. The first kappa shape index (κ1) is 15.0. The standard InChI is InChI=1S/C17H25NO2/c1-12-9-10-18(11-15(12)19)16(20)13-7-5-6-8-14(13)17(2,3)4/h5-8,12,15,19H,9-11H2,1-4H3. The van der Waals surface area contributed by atoms with E-state index in [4.69, 9.17) is 0 Å². The summed E-state index contributed by atoms with van der Waals surface area (Å²) in [6.45, 7) is 9.56. The fourth-order valence-corrected chi connectivity index (χ4v) is 2.73. The molecule has 1 heterocycles. The number of hydrogen-bond acceptors (Lipinski definition) is 2. The van der Waals surface area contributed by atoms with Crippen LogP contribution >= 0.6 is 0 Å². The number of piperidine rings is 1. The van der Waals surface area contributed by atoms with Crippen LogP contribution in [0.1, 0.15) is 50.0 Å². The lowest BCUT2D eigenvalue weighted by Crippen LogP contribution is -2.46. The summed E-state index contributed by atoms with van der Waals surface area (Å²) in [5.74, 6) is 0.318. The zero-order chi connectivity index (χ0) is 14.9. The molecule has 1 fully saturated rings. The zero-order valence-corrected chi connectivity index (χ0v) is 12.9. The average Bonchev–Trinajstić information content (AvgIpc) is 2.40. The molecule has 1 aromatic rings. The molecule has 1 aliphatic rings. The van der Waals surface area contributed by atoms with Crippen LogP contribution in [0.3, 0.4) is 0 Å². The van der Waals surface area contributed by atoms with Gasteiger partial charge in [0.05, 0.1) is 6.10 Å². The highest BCUT2D eigenvalue weighted by Gasteiger charge is 2.30. The number of aliphatic hydroxyl groups is 1. The minimum absolute atomic E-state index is 0.0430. The highest BCUT2D eigenvalue weighted by Crippen LogP contribution is 2.28. The maximum absolute atomic E-state index is 12.7. The molecular weight excluding hydrogens is 250 g/mol. The van der Waals surface area contributed by atoms with Crippen LogP contribution in [0, 0.1) is 5.92 Å². The molecule has 1 amide bonds. The Morgan fingerprint density at radius 1 is 1.30 bits per heavy atom. The van der Waals surface area contributed by atoms with Crippen LogP contribution in [-0.4, -0.2) is 35.1 Å². The minimum Gasteiger partial charge on any atom is -0.391 e. The third-order valence-electron chi connectivity index (χ3n) is 4.17. The summed E-state index contributed by atoms with van der Waals surface area (Å²) in [7, 11) is 0. The Morgan fingerprint density at radius 2 is 1.95 bits per heavy atom. The predicted octanol–water partition coefficient (Wildman–Crippen LogP) is 2.83. The fraction of sp³-hybridized carbons (Fsp3) is 0.588. The number of likely N-dealkylation sites (tertiary alicyclic amines) is 1. The molecule has 1 aliphatic heterocycles. The van der Waals surface area contributed by atoms with Crippen molar-refractivity contribution in [2.45, 2.75) is 45.6 Å². The molecule has 0 bridgehead atoms. The summed E-state index contributed by atoms with van der Waals surface area (Å²) < 4.78 is 0. The van der Waals surface area contributed by atoms with Crippen molar-refractivity contribution in [2.24, 2.45) is 5.92 Å². The van der Waals surface area contributed by atoms with Gasteiger partial charge in [-0.2, -0.15) is 0 Å². The zero-order valence-electron chi connectivity index (χ0n) is 12.9. The van der Waals surface area contributed by atoms with E-state index in [1.165, 1.54) is 0 Å². The van der Waals surface area contributed by atoms with E-state index in [-0.39, 0.29) is 17.2 Å². The van der Waals surface area contributed by atoms with Gasteiger partial charge in [-0.05, 0) is 29.4 Å². The molecule has 0 spiro atoms. The number of nitrogens with zero attached hydrogens (tertiary/aromatic N) is 1. The van der Waals surface area contributed by atoms with Crippen molar-refractivity contribution >= 4 is 5.91 Å². The Bertz CT molecular complexity index is 490. The first-order valence-electron chi connectivity index (χ1n) is 7.37. The number of carbonyl (C=O) groups excluding carboxylic acids is 1. The Morgan fingerprint density at radius 3 is 2.55 bits per heavy atom. The Balaban J connectivity index is 2.26. The van der Waals surface area contributed by atoms with Crippen LogP contribution in [0.25, 0.3) is 0 Å². The topological polar surface area (TPSA) is 40.5 Å². The van der Waals surface area contributed by atoms with Crippen molar-refractivity contribution < 1.29 is 9.90 Å². The number of carbonyl (C=O) groups is 1. The van der Waals surface area contributed by atoms with Gasteiger partial charge in [0, 0.05) is 18.7 Å². The molecule has 2 unspecified atom stereocenters. The highest BCUT2D eigenvalue weighted by molar-refractivity contribution is 5.96. The van der Waals surface area contributed by atoms with Crippen molar-refractivity contribution in [3.8, 4) is 0 Å². The number of β-amino-alcohol motifs (C(OH)–C–C–N with tert-alkyl or cyclic N) is 1. The quantitative estimate of drug-likeness (QED) is 0.856.